The van der Waals surface area contributed by atoms with E-state index in [2.05, 4.69) is 10.1 Å². The average molecular weight is 269 g/mol. The van der Waals surface area contributed by atoms with Gasteiger partial charge in [0.15, 0.2) is 9.84 Å². The first kappa shape index (κ1) is 12.0. The van der Waals surface area contributed by atoms with Crippen LogP contribution in [0.25, 0.3) is 0 Å². The molecule has 0 saturated carbocycles. The van der Waals surface area contributed by atoms with E-state index in [-0.39, 0.29) is 0 Å². The summed E-state index contributed by atoms with van der Waals surface area (Å²) in [6, 6.07) is 6.70. The molecule has 1 N–H and O–H groups in total. The van der Waals surface area contributed by atoms with Gasteiger partial charge in [0.1, 0.15) is 6.33 Å². The van der Waals surface area contributed by atoms with E-state index in [4.69, 9.17) is 12.2 Å². The number of hydrogen-bond acceptors (Lipinski definition) is 4. The summed E-state index contributed by atoms with van der Waals surface area (Å²) in [5.74, 6) is 0. The molecule has 0 radical (unpaired) electrons. The van der Waals surface area contributed by atoms with E-state index in [1.165, 1.54) is 12.6 Å². The van der Waals surface area contributed by atoms with Crippen LogP contribution in [0.2, 0.25) is 0 Å². The minimum absolute atomic E-state index is 0.314. The van der Waals surface area contributed by atoms with Crippen LogP contribution in [0.5, 0.6) is 0 Å². The predicted molar refractivity (Wildman–Crippen MR) is 66.1 cm³/mol. The zero-order valence-electron chi connectivity index (χ0n) is 9.12. The first-order chi connectivity index (χ1) is 7.97. The number of H-pyrrole nitrogens is 1. The Labute approximate surface area is 104 Å². The summed E-state index contributed by atoms with van der Waals surface area (Å²) in [6.07, 6.45) is 2.71. The number of hydrogen-bond donors (Lipinski definition) is 1. The van der Waals surface area contributed by atoms with Crippen molar-refractivity contribution < 1.29 is 8.42 Å². The molecule has 0 amide bonds. The Morgan fingerprint density at radius 2 is 2.00 bits per heavy atom. The lowest BCUT2D eigenvalue weighted by Crippen LogP contribution is -2.02. The predicted octanol–water partition coefficient (Wildman–Crippen LogP) is 1.39. The Hall–Kier alpha value is -1.47. The van der Waals surface area contributed by atoms with Gasteiger partial charge in [0, 0.05) is 6.26 Å². The molecule has 7 heteroatoms. The van der Waals surface area contributed by atoms with Crippen molar-refractivity contribution in [2.24, 2.45) is 0 Å². The van der Waals surface area contributed by atoms with E-state index in [1.807, 2.05) is 0 Å². The average Bonchev–Trinajstić information content (AvgIpc) is 2.64. The number of nitrogens with zero attached hydrogens (tertiary/aromatic N) is 2. The fourth-order valence-corrected chi connectivity index (χ4v) is 2.22. The third-order valence-electron chi connectivity index (χ3n) is 2.31. The maximum atomic E-state index is 11.3. The third-order valence-corrected chi connectivity index (χ3v) is 3.77. The molecule has 0 aliphatic rings. The second kappa shape index (κ2) is 4.42. The van der Waals surface area contributed by atoms with Crippen LogP contribution in [0.3, 0.4) is 0 Å². The van der Waals surface area contributed by atoms with Gasteiger partial charge in [-0.1, -0.05) is 12.1 Å². The van der Waals surface area contributed by atoms with Crippen molar-refractivity contribution in [2.75, 3.05) is 6.26 Å². The summed E-state index contributed by atoms with van der Waals surface area (Å²) in [7, 11) is -3.14. The monoisotopic (exact) mass is 269 g/mol. The molecule has 0 spiro atoms. The first-order valence-electron chi connectivity index (χ1n) is 4.86. The topological polar surface area (TPSA) is 67.8 Å². The summed E-state index contributed by atoms with van der Waals surface area (Å²) in [6.45, 7) is 0.545. The van der Waals surface area contributed by atoms with Crippen molar-refractivity contribution in [2.45, 2.75) is 11.4 Å². The molecule has 0 aliphatic carbocycles. The summed E-state index contributed by atoms with van der Waals surface area (Å²) in [5, 5.41) is 2.88. The van der Waals surface area contributed by atoms with Gasteiger partial charge in [0.05, 0.1) is 11.4 Å². The van der Waals surface area contributed by atoms with E-state index in [0.717, 1.165) is 5.56 Å². The van der Waals surface area contributed by atoms with E-state index >= 15 is 0 Å². The SMILES string of the molecule is CS(=O)(=O)c1ccc(Cn2[nH]cnc2=S)cc1. The molecule has 0 saturated heterocycles. The lowest BCUT2D eigenvalue weighted by atomic mass is 10.2. The van der Waals surface area contributed by atoms with Gasteiger partial charge in [-0.05, 0) is 29.9 Å². The molecule has 17 heavy (non-hydrogen) atoms. The normalized spacial score (nSPS) is 11.6. The van der Waals surface area contributed by atoms with Gasteiger partial charge in [-0.2, -0.15) is 0 Å². The molecule has 1 aromatic carbocycles. The zero-order valence-corrected chi connectivity index (χ0v) is 10.8. The van der Waals surface area contributed by atoms with Gasteiger partial charge < -0.3 is 0 Å². The van der Waals surface area contributed by atoms with Crippen LogP contribution in [0.4, 0.5) is 0 Å². The minimum atomic E-state index is -3.14. The summed E-state index contributed by atoms with van der Waals surface area (Å²) < 4.78 is 24.7. The van der Waals surface area contributed by atoms with Gasteiger partial charge in [-0.25, -0.2) is 13.4 Å². The summed E-state index contributed by atoms with van der Waals surface area (Å²) in [5.41, 5.74) is 0.956. The smallest absolute Gasteiger partial charge is 0.216 e. The number of sulfone groups is 1. The second-order valence-corrected chi connectivity index (χ2v) is 6.05. The summed E-state index contributed by atoms with van der Waals surface area (Å²) in [4.78, 5) is 4.21. The maximum Gasteiger partial charge on any atom is 0.216 e. The Morgan fingerprint density at radius 3 is 2.47 bits per heavy atom. The van der Waals surface area contributed by atoms with Crippen molar-refractivity contribution in [1.82, 2.24) is 14.8 Å². The molecule has 90 valence electrons. The fraction of sp³-hybridized carbons (Fsp3) is 0.200. The molecular weight excluding hydrogens is 258 g/mol. The molecule has 0 aliphatic heterocycles. The molecular formula is C10H11N3O2S2. The molecule has 0 fully saturated rings. The standard InChI is InChI=1S/C10H11N3O2S2/c1-17(14,15)9-4-2-8(3-5-9)6-13-10(16)11-7-12-13/h2-5,7H,6H2,1H3,(H,11,12,16). The number of aromatic amines is 1. The van der Waals surface area contributed by atoms with Crippen molar-refractivity contribution in [1.29, 1.82) is 0 Å². The van der Waals surface area contributed by atoms with Crippen molar-refractivity contribution >= 4 is 22.1 Å². The highest BCUT2D eigenvalue weighted by molar-refractivity contribution is 7.90. The lowest BCUT2D eigenvalue weighted by molar-refractivity contribution is 0.601. The largest absolute Gasteiger partial charge is 0.285 e. The Balaban J connectivity index is 2.26. The Kier molecular flexibility index (Phi) is 3.12. The molecule has 0 atom stereocenters. The van der Waals surface area contributed by atoms with Gasteiger partial charge in [-0.15, -0.1) is 0 Å². The maximum absolute atomic E-state index is 11.3. The van der Waals surface area contributed by atoms with Crippen molar-refractivity contribution in [3.8, 4) is 0 Å². The first-order valence-corrected chi connectivity index (χ1v) is 7.16. The minimum Gasteiger partial charge on any atom is -0.285 e. The zero-order chi connectivity index (χ0) is 12.5. The van der Waals surface area contributed by atoms with Crippen LogP contribution in [0.1, 0.15) is 5.56 Å². The lowest BCUT2D eigenvalue weighted by Gasteiger charge is -2.03. The van der Waals surface area contributed by atoms with Crippen LogP contribution < -0.4 is 0 Å². The highest BCUT2D eigenvalue weighted by Gasteiger charge is 2.06. The molecule has 0 bridgehead atoms. The highest BCUT2D eigenvalue weighted by atomic mass is 32.2. The number of nitrogens with one attached hydrogen (secondary N) is 1. The Bertz CT molecular complexity index is 668. The highest BCUT2D eigenvalue weighted by Crippen LogP contribution is 2.11. The van der Waals surface area contributed by atoms with E-state index in [9.17, 15) is 8.42 Å². The number of rotatable bonds is 3. The molecule has 2 aromatic rings. The van der Waals surface area contributed by atoms with Crippen LogP contribution in [-0.2, 0) is 16.4 Å². The van der Waals surface area contributed by atoms with Gasteiger partial charge >= 0.3 is 0 Å². The fourth-order valence-electron chi connectivity index (χ4n) is 1.42. The quantitative estimate of drug-likeness (QED) is 0.855. The number of benzene rings is 1. The molecule has 2 rings (SSSR count). The molecule has 1 heterocycles. The van der Waals surface area contributed by atoms with Crippen LogP contribution in [0, 0.1) is 4.77 Å². The van der Waals surface area contributed by atoms with Crippen LogP contribution >= 0.6 is 12.2 Å². The van der Waals surface area contributed by atoms with Gasteiger partial charge in [-0.3, -0.25) is 9.78 Å². The third kappa shape index (κ3) is 2.80. The Morgan fingerprint density at radius 1 is 1.35 bits per heavy atom. The molecule has 1 aromatic heterocycles. The molecule has 0 unspecified atom stereocenters. The van der Waals surface area contributed by atoms with E-state index in [1.54, 1.807) is 28.9 Å². The van der Waals surface area contributed by atoms with Crippen molar-refractivity contribution in [3.63, 3.8) is 0 Å². The molecule has 5 nitrogen and oxygen atoms in total. The van der Waals surface area contributed by atoms with E-state index in [0.29, 0.717) is 16.2 Å². The van der Waals surface area contributed by atoms with Gasteiger partial charge in [0.2, 0.25) is 4.77 Å². The second-order valence-electron chi connectivity index (χ2n) is 3.67. The summed E-state index contributed by atoms with van der Waals surface area (Å²) >= 11 is 4.99. The van der Waals surface area contributed by atoms with Gasteiger partial charge in [0.25, 0.3) is 0 Å². The number of aromatic nitrogens is 3. The van der Waals surface area contributed by atoms with Crippen molar-refractivity contribution in [3.05, 3.63) is 40.9 Å². The van der Waals surface area contributed by atoms with Crippen LogP contribution in [0.15, 0.2) is 35.5 Å². The van der Waals surface area contributed by atoms with Crippen LogP contribution in [-0.4, -0.2) is 29.4 Å². The van der Waals surface area contributed by atoms with E-state index < -0.39 is 9.84 Å².